The second-order valence-electron chi connectivity index (χ2n) is 12.7. The summed E-state index contributed by atoms with van der Waals surface area (Å²) in [4.78, 5) is 34.4. The summed E-state index contributed by atoms with van der Waals surface area (Å²) in [5.74, 6) is 3.59. The molecule has 0 aliphatic carbocycles. The fraction of sp³-hybridized carbons (Fsp3) is 0. The highest BCUT2D eigenvalue weighted by atomic mass is 15.0. The van der Waals surface area contributed by atoms with Gasteiger partial charge in [0.2, 0.25) is 0 Å². The van der Waals surface area contributed by atoms with Crippen LogP contribution in [-0.2, 0) is 0 Å². The van der Waals surface area contributed by atoms with Crippen molar-refractivity contribution < 1.29 is 0 Å². The molecule has 0 radical (unpaired) electrons. The van der Waals surface area contributed by atoms with Crippen molar-refractivity contribution in [1.82, 2.24) is 34.9 Å². The number of rotatable bonds is 8. The van der Waals surface area contributed by atoms with Gasteiger partial charge in [-0.15, -0.1) is 0 Å². The average Bonchev–Trinajstić information content (AvgIpc) is 3.27. The lowest BCUT2D eigenvalue weighted by Crippen LogP contribution is -2.01. The summed E-state index contributed by atoms with van der Waals surface area (Å²) in [6.45, 7) is 0. The number of nitrogens with zero attached hydrogens (tertiary/aromatic N) is 7. The largest absolute Gasteiger partial charge is 0.264 e. The van der Waals surface area contributed by atoms with Gasteiger partial charge in [-0.25, -0.2) is 29.9 Å². The van der Waals surface area contributed by atoms with Crippen LogP contribution in [0.25, 0.3) is 90.6 Å². The molecule has 0 amide bonds. The van der Waals surface area contributed by atoms with Crippen molar-refractivity contribution in [1.29, 1.82) is 0 Å². The van der Waals surface area contributed by atoms with Gasteiger partial charge in [0, 0.05) is 51.3 Å². The van der Waals surface area contributed by atoms with Crippen LogP contribution >= 0.6 is 0 Å². The van der Waals surface area contributed by atoms with Gasteiger partial charge in [0.25, 0.3) is 0 Å². The molecule has 0 aliphatic heterocycles. The third-order valence-electron chi connectivity index (χ3n) is 9.09. The Kier molecular flexibility index (Phi) is 8.77. The highest BCUT2D eigenvalue weighted by Crippen LogP contribution is 2.37. The number of hydrogen-bond acceptors (Lipinski definition) is 7. The van der Waals surface area contributed by atoms with Gasteiger partial charge in [-0.3, -0.25) is 4.98 Å². The first-order valence-corrected chi connectivity index (χ1v) is 17.6. The lowest BCUT2D eigenvalue weighted by Gasteiger charge is -2.14. The first kappa shape index (κ1) is 32.4. The van der Waals surface area contributed by atoms with Gasteiger partial charge in [0.05, 0.1) is 0 Å². The quantitative estimate of drug-likeness (QED) is 0.156. The standard InChI is InChI=1S/C47H31N7/c1-5-15-32(16-6-1)42-49-43(33-17-7-2-8-18-33)52-46(51-42)38-24-13-23-36(29-38)37-26-27-40(39-25-14-28-48-31-39)41(30-37)47-53-44(34-19-9-3-10-20-34)50-45(54-47)35-21-11-4-12-22-35/h1-31H. The van der Waals surface area contributed by atoms with Crippen molar-refractivity contribution in [2.45, 2.75) is 0 Å². The molecule has 0 atom stereocenters. The van der Waals surface area contributed by atoms with Crippen LogP contribution in [0.3, 0.4) is 0 Å². The van der Waals surface area contributed by atoms with Crippen molar-refractivity contribution in [3.8, 4) is 90.6 Å². The average molecular weight is 694 g/mol. The van der Waals surface area contributed by atoms with Crippen LogP contribution in [0.4, 0.5) is 0 Å². The SMILES string of the molecule is c1ccc(-c2nc(-c3ccccc3)nc(-c3cccc(-c4ccc(-c5cccnc5)c(-c5nc(-c6ccccc6)nc(-c6ccccc6)n5)c4)c3)n2)cc1. The minimum absolute atomic E-state index is 0.567. The van der Waals surface area contributed by atoms with E-state index in [2.05, 4.69) is 41.4 Å². The summed E-state index contributed by atoms with van der Waals surface area (Å²) >= 11 is 0. The van der Waals surface area contributed by atoms with Crippen LogP contribution < -0.4 is 0 Å². The third kappa shape index (κ3) is 6.77. The molecule has 9 aromatic rings. The van der Waals surface area contributed by atoms with E-state index in [4.69, 9.17) is 29.9 Å². The molecule has 0 fully saturated rings. The first-order valence-electron chi connectivity index (χ1n) is 17.6. The second kappa shape index (κ2) is 14.6. The van der Waals surface area contributed by atoms with Crippen LogP contribution in [0, 0.1) is 0 Å². The Morgan fingerprint density at radius 2 is 0.630 bits per heavy atom. The Labute approximate surface area is 312 Å². The van der Waals surface area contributed by atoms with Gasteiger partial charge in [-0.05, 0) is 34.9 Å². The van der Waals surface area contributed by atoms with Crippen molar-refractivity contribution in [2.24, 2.45) is 0 Å². The third-order valence-corrected chi connectivity index (χ3v) is 9.09. The predicted molar refractivity (Wildman–Crippen MR) is 214 cm³/mol. The maximum Gasteiger partial charge on any atom is 0.164 e. The van der Waals surface area contributed by atoms with Crippen molar-refractivity contribution in [3.05, 3.63) is 188 Å². The maximum absolute atomic E-state index is 5.09. The van der Waals surface area contributed by atoms with E-state index in [9.17, 15) is 0 Å². The normalized spacial score (nSPS) is 11.0. The minimum Gasteiger partial charge on any atom is -0.264 e. The molecule has 254 valence electrons. The molecule has 3 heterocycles. The summed E-state index contributed by atoms with van der Waals surface area (Å²) in [5, 5.41) is 0. The number of benzene rings is 6. The summed E-state index contributed by atoms with van der Waals surface area (Å²) in [6.07, 6.45) is 3.65. The smallest absolute Gasteiger partial charge is 0.164 e. The minimum atomic E-state index is 0.567. The Morgan fingerprint density at radius 1 is 0.241 bits per heavy atom. The van der Waals surface area contributed by atoms with E-state index in [1.54, 1.807) is 6.20 Å². The summed E-state index contributed by atoms with van der Waals surface area (Å²) in [6, 6.07) is 58.7. The summed E-state index contributed by atoms with van der Waals surface area (Å²) in [5.41, 5.74) is 9.31. The summed E-state index contributed by atoms with van der Waals surface area (Å²) < 4.78 is 0. The Hall–Kier alpha value is -7.51. The van der Waals surface area contributed by atoms with Crippen LogP contribution in [0.2, 0.25) is 0 Å². The molecule has 0 bridgehead atoms. The number of aromatic nitrogens is 7. The molecule has 54 heavy (non-hydrogen) atoms. The van der Waals surface area contributed by atoms with Crippen LogP contribution in [-0.4, -0.2) is 34.9 Å². The van der Waals surface area contributed by atoms with Crippen LogP contribution in [0.5, 0.6) is 0 Å². The van der Waals surface area contributed by atoms with E-state index in [1.807, 2.05) is 146 Å². The zero-order valence-corrected chi connectivity index (χ0v) is 29.0. The van der Waals surface area contributed by atoms with E-state index in [-0.39, 0.29) is 0 Å². The van der Waals surface area contributed by atoms with Crippen molar-refractivity contribution in [3.63, 3.8) is 0 Å². The predicted octanol–water partition coefficient (Wildman–Crippen LogP) is 10.8. The maximum atomic E-state index is 5.09. The fourth-order valence-corrected chi connectivity index (χ4v) is 6.39. The number of hydrogen-bond donors (Lipinski definition) is 0. The van der Waals surface area contributed by atoms with E-state index >= 15 is 0 Å². The van der Waals surface area contributed by atoms with Crippen LogP contribution in [0.15, 0.2) is 188 Å². The topological polar surface area (TPSA) is 90.2 Å². The van der Waals surface area contributed by atoms with Crippen molar-refractivity contribution in [2.75, 3.05) is 0 Å². The molecule has 0 saturated heterocycles. The molecule has 9 rings (SSSR count). The van der Waals surface area contributed by atoms with Gasteiger partial charge in [-0.2, -0.15) is 0 Å². The molecular formula is C47H31N7. The molecule has 0 N–H and O–H groups in total. The van der Waals surface area contributed by atoms with Gasteiger partial charge >= 0.3 is 0 Å². The van der Waals surface area contributed by atoms with Crippen molar-refractivity contribution >= 4 is 0 Å². The molecular weight excluding hydrogens is 663 g/mol. The molecule has 7 heteroatoms. The van der Waals surface area contributed by atoms with E-state index < -0.39 is 0 Å². The molecule has 3 aromatic heterocycles. The first-order chi connectivity index (χ1) is 26.7. The molecule has 6 aromatic carbocycles. The van der Waals surface area contributed by atoms with E-state index in [1.165, 1.54) is 0 Å². The zero-order chi connectivity index (χ0) is 36.1. The summed E-state index contributed by atoms with van der Waals surface area (Å²) in [7, 11) is 0. The molecule has 0 aliphatic rings. The van der Waals surface area contributed by atoms with Gasteiger partial charge in [0.1, 0.15) is 0 Å². The second-order valence-corrected chi connectivity index (χ2v) is 12.7. The highest BCUT2D eigenvalue weighted by molar-refractivity contribution is 5.86. The molecule has 7 nitrogen and oxygen atoms in total. The molecule has 0 unspecified atom stereocenters. The van der Waals surface area contributed by atoms with Gasteiger partial charge in [0.15, 0.2) is 34.9 Å². The zero-order valence-electron chi connectivity index (χ0n) is 29.0. The Morgan fingerprint density at radius 3 is 1.09 bits per heavy atom. The Balaban J connectivity index is 1.20. The van der Waals surface area contributed by atoms with Crippen LogP contribution in [0.1, 0.15) is 0 Å². The van der Waals surface area contributed by atoms with E-state index in [0.29, 0.717) is 34.9 Å². The van der Waals surface area contributed by atoms with Gasteiger partial charge < -0.3 is 0 Å². The lowest BCUT2D eigenvalue weighted by atomic mass is 9.94. The fourth-order valence-electron chi connectivity index (χ4n) is 6.39. The van der Waals surface area contributed by atoms with E-state index in [0.717, 1.165) is 55.6 Å². The van der Waals surface area contributed by atoms with Gasteiger partial charge in [-0.1, -0.05) is 158 Å². The Bertz CT molecular complexity index is 2570. The molecule has 0 saturated carbocycles. The monoisotopic (exact) mass is 693 g/mol. The lowest BCUT2D eigenvalue weighted by molar-refractivity contribution is 1.07. The number of pyridine rings is 1. The molecule has 0 spiro atoms. The highest BCUT2D eigenvalue weighted by Gasteiger charge is 2.18.